The molecule has 2 heterocycles. The molecule has 2 atom stereocenters. The first kappa shape index (κ1) is 67.8. The lowest BCUT2D eigenvalue weighted by molar-refractivity contribution is 0.227. The van der Waals surface area contributed by atoms with Gasteiger partial charge in [0.25, 0.3) is 22.2 Å². The third kappa shape index (κ3) is 15.8. The molecule has 98 heavy (non-hydrogen) atoms. The quantitative estimate of drug-likeness (QED) is 0.0244. The first-order valence-electron chi connectivity index (χ1n) is 35.8. The van der Waals surface area contributed by atoms with Crippen LogP contribution in [-0.4, -0.2) is 22.3 Å². The van der Waals surface area contributed by atoms with Crippen LogP contribution >= 0.6 is 0 Å². The standard InChI is InChI=1S/C90H90N2O6/c1-6-11-14-15-16-21-52-91-87(93)80-58-82-83(59-81(80)88(91)94)90(96)92(89(82)95)77-50-44-69(45-51-77)39-33-65-30-36-67(37-31-65)43-49-75-57-84(97-60-62(9-4)22-12-7-2)74(56-85(75)98-61-63(10-5)23-13-8-3)48-42-66-34-28-64(29-35-66)32-38-68-40-46-70(47-41-68)86-78-27-20-19-26-73(78)54-76-53-71-24-17-18-25-72(71)55-79(76)86/h17-20,24-51,53-59,62-63H,6-16,21-23,52,60-61H2,1-5H3/b38-32+,39-33+,48-42+,49-43+. The predicted molar refractivity (Wildman–Crippen MR) is 417 cm³/mol. The summed E-state index contributed by atoms with van der Waals surface area (Å²) in [5, 5.41) is 8.14. The lowest BCUT2D eigenvalue weighted by Gasteiger charge is -2.20. The molecule has 0 saturated carbocycles. The normalized spacial score (nSPS) is 12.7. The van der Waals surface area contributed by atoms with Gasteiger partial charge in [-0.1, -0.05) is 287 Å². The molecule has 0 fully saturated rings. The minimum Gasteiger partial charge on any atom is -0.493 e. The fourth-order valence-corrected chi connectivity index (χ4v) is 13.6. The summed E-state index contributed by atoms with van der Waals surface area (Å²) < 4.78 is 16.1. The first-order valence-corrected chi connectivity index (χ1v) is 35.8. The number of aromatic nitrogens is 2. The van der Waals surface area contributed by atoms with Gasteiger partial charge in [0.05, 0.1) is 40.4 Å². The number of nitrogens with zero attached hydrogens (tertiary/aromatic N) is 2. The van der Waals surface area contributed by atoms with Crippen molar-refractivity contribution in [1.82, 2.24) is 9.13 Å². The van der Waals surface area contributed by atoms with E-state index < -0.39 is 22.2 Å². The van der Waals surface area contributed by atoms with Gasteiger partial charge in [-0.3, -0.25) is 23.7 Å². The van der Waals surface area contributed by atoms with E-state index in [4.69, 9.17) is 9.47 Å². The number of unbranched alkanes of at least 4 members (excludes halogenated alkanes) is 7. The Morgan fingerprint density at radius 2 is 0.745 bits per heavy atom. The molecule has 0 aliphatic carbocycles. The van der Waals surface area contributed by atoms with Gasteiger partial charge >= 0.3 is 0 Å². The fourth-order valence-electron chi connectivity index (χ4n) is 13.6. The lowest BCUT2D eigenvalue weighted by atomic mass is 9.90. The maximum atomic E-state index is 13.8. The molecule has 0 radical (unpaired) electrons. The zero-order valence-corrected chi connectivity index (χ0v) is 57.5. The molecule has 12 rings (SSSR count). The summed E-state index contributed by atoms with van der Waals surface area (Å²) >= 11 is 0. The summed E-state index contributed by atoms with van der Waals surface area (Å²) in [6.07, 6.45) is 32.2. The van der Waals surface area contributed by atoms with E-state index >= 15 is 0 Å². The van der Waals surface area contributed by atoms with Gasteiger partial charge < -0.3 is 9.47 Å². The Morgan fingerprint density at radius 1 is 0.347 bits per heavy atom. The molecule has 10 aromatic carbocycles. The van der Waals surface area contributed by atoms with E-state index in [1.807, 2.05) is 24.3 Å². The van der Waals surface area contributed by atoms with Gasteiger partial charge in [-0.15, -0.1) is 0 Å². The molecule has 0 aliphatic heterocycles. The number of benzene rings is 10. The van der Waals surface area contributed by atoms with E-state index in [9.17, 15) is 19.2 Å². The first-order chi connectivity index (χ1) is 48.0. The van der Waals surface area contributed by atoms with E-state index in [1.165, 1.54) is 79.4 Å². The van der Waals surface area contributed by atoms with Gasteiger partial charge in [0.2, 0.25) is 0 Å². The van der Waals surface area contributed by atoms with Crippen LogP contribution in [0.2, 0.25) is 0 Å². The van der Waals surface area contributed by atoms with E-state index in [-0.39, 0.29) is 21.5 Å². The van der Waals surface area contributed by atoms with Gasteiger partial charge in [-0.25, -0.2) is 4.57 Å². The van der Waals surface area contributed by atoms with E-state index in [1.54, 1.807) is 12.1 Å². The van der Waals surface area contributed by atoms with Crippen molar-refractivity contribution >= 4 is 102 Å². The van der Waals surface area contributed by atoms with Crippen LogP contribution in [0.3, 0.4) is 0 Å². The third-order valence-electron chi connectivity index (χ3n) is 19.7. The Hall–Kier alpha value is -10.2. The maximum Gasteiger partial charge on any atom is 0.266 e. The number of rotatable bonds is 31. The van der Waals surface area contributed by atoms with Crippen molar-refractivity contribution in [2.24, 2.45) is 11.8 Å². The van der Waals surface area contributed by atoms with Gasteiger partial charge in [-0.05, 0) is 163 Å². The highest BCUT2D eigenvalue weighted by molar-refractivity contribution is 6.16. The molecule has 8 heteroatoms. The molecular formula is C90H90N2O6. The highest BCUT2D eigenvalue weighted by atomic mass is 16.5. The van der Waals surface area contributed by atoms with Crippen LogP contribution < -0.4 is 31.7 Å². The molecule has 8 nitrogen and oxygen atoms in total. The summed E-state index contributed by atoms with van der Waals surface area (Å²) in [6.45, 7) is 12.8. The Labute approximate surface area is 576 Å². The number of hydrogen-bond donors (Lipinski definition) is 0. The molecule has 0 amide bonds. The molecule has 0 saturated heterocycles. The molecule has 0 bridgehead atoms. The van der Waals surface area contributed by atoms with Crippen molar-refractivity contribution in [3.63, 3.8) is 0 Å². The van der Waals surface area contributed by atoms with Crippen molar-refractivity contribution in [3.8, 4) is 28.3 Å². The minimum absolute atomic E-state index is 0.136. The molecule has 0 N–H and O–H groups in total. The van der Waals surface area contributed by atoms with Gasteiger partial charge in [0.15, 0.2) is 0 Å². The van der Waals surface area contributed by atoms with Gasteiger partial charge in [0, 0.05) is 17.7 Å². The SMILES string of the molecule is CCCCCCCCn1c(=O)c2cc3c(=O)n(-c4ccc(/C=C/c5ccc(/C=C/c6cc(OCC(CC)CCCC)c(/C=C/c7ccc(/C=C/c8ccc(-c9c%10ccccc%10cc%10cc%11ccccc%11cc9%10)cc8)cc7)cc6OCC(CC)CCCC)cc5)cc4)c(=O)c3cc2c1=O. The largest absolute Gasteiger partial charge is 0.493 e. The fraction of sp³-hybridized carbons (Fsp3) is 0.267. The Bertz CT molecular complexity index is 5010. The third-order valence-corrected chi connectivity index (χ3v) is 19.7. The maximum absolute atomic E-state index is 13.8. The van der Waals surface area contributed by atoms with Crippen LogP contribution in [0.25, 0.3) is 119 Å². The van der Waals surface area contributed by atoms with E-state index in [0.29, 0.717) is 37.3 Å². The average Bonchev–Trinajstić information content (AvgIpc) is 1.47. The highest BCUT2D eigenvalue weighted by Crippen LogP contribution is 2.39. The summed E-state index contributed by atoms with van der Waals surface area (Å²) in [7, 11) is 0. The molecule has 0 aliphatic rings. The van der Waals surface area contributed by atoms with Gasteiger partial charge in [0.1, 0.15) is 11.5 Å². The van der Waals surface area contributed by atoms with E-state index in [2.05, 4.69) is 223 Å². The summed E-state index contributed by atoms with van der Waals surface area (Å²) in [6, 6.07) is 64.8. The summed E-state index contributed by atoms with van der Waals surface area (Å²) in [5.74, 6) is 2.54. The summed E-state index contributed by atoms with van der Waals surface area (Å²) in [5.41, 5.74) is 9.24. The average molecular weight is 1300 g/mol. The van der Waals surface area contributed by atoms with Crippen molar-refractivity contribution in [2.75, 3.05) is 13.2 Å². The molecule has 2 unspecified atom stereocenters. The molecule has 12 aromatic rings. The number of hydrogen-bond acceptors (Lipinski definition) is 6. The monoisotopic (exact) mass is 1290 g/mol. The van der Waals surface area contributed by atoms with Crippen LogP contribution in [0.4, 0.5) is 0 Å². The number of fused-ring (bicyclic) bond motifs is 5. The Morgan fingerprint density at radius 3 is 1.22 bits per heavy atom. The Kier molecular flexibility index (Phi) is 22.3. The van der Waals surface area contributed by atoms with E-state index in [0.717, 1.165) is 131 Å². The molecule has 2 aromatic heterocycles. The minimum atomic E-state index is -0.514. The molecule has 496 valence electrons. The topological polar surface area (TPSA) is 96.6 Å². The second-order valence-electron chi connectivity index (χ2n) is 26.6. The smallest absolute Gasteiger partial charge is 0.266 e. The van der Waals surface area contributed by atoms with Crippen molar-refractivity contribution in [1.29, 1.82) is 0 Å². The van der Waals surface area contributed by atoms with Crippen molar-refractivity contribution in [3.05, 3.63) is 274 Å². The van der Waals surface area contributed by atoms with Crippen molar-refractivity contribution in [2.45, 2.75) is 131 Å². The lowest BCUT2D eigenvalue weighted by Crippen LogP contribution is -2.25. The second-order valence-corrected chi connectivity index (χ2v) is 26.6. The predicted octanol–water partition coefficient (Wildman–Crippen LogP) is 22.3. The second kappa shape index (κ2) is 32.2. The highest BCUT2D eigenvalue weighted by Gasteiger charge is 2.21. The van der Waals surface area contributed by atoms with Crippen LogP contribution in [-0.2, 0) is 6.54 Å². The Balaban J connectivity index is 0.751. The van der Waals surface area contributed by atoms with Crippen LogP contribution in [0, 0.1) is 11.8 Å². The summed E-state index contributed by atoms with van der Waals surface area (Å²) in [4.78, 5) is 54.4. The van der Waals surface area contributed by atoms with Crippen molar-refractivity contribution < 1.29 is 9.47 Å². The van der Waals surface area contributed by atoms with Crippen LogP contribution in [0.15, 0.2) is 207 Å². The number of ether oxygens (including phenoxy) is 2. The van der Waals surface area contributed by atoms with Crippen LogP contribution in [0.5, 0.6) is 11.5 Å². The van der Waals surface area contributed by atoms with Crippen LogP contribution in [0.1, 0.15) is 169 Å². The molecular weight excluding hydrogens is 1200 g/mol. The zero-order chi connectivity index (χ0) is 67.9. The molecule has 0 spiro atoms. The van der Waals surface area contributed by atoms with Gasteiger partial charge in [-0.2, -0.15) is 0 Å². The zero-order valence-electron chi connectivity index (χ0n) is 57.5.